The molecule has 2 aromatic rings. The number of hydrogen-bond acceptors (Lipinski definition) is 6. The predicted molar refractivity (Wildman–Crippen MR) is 93.9 cm³/mol. The van der Waals surface area contributed by atoms with Gasteiger partial charge < -0.3 is 15.5 Å². The van der Waals surface area contributed by atoms with Crippen LogP contribution >= 0.6 is 0 Å². The van der Waals surface area contributed by atoms with Crippen molar-refractivity contribution in [1.29, 1.82) is 0 Å². The third kappa shape index (κ3) is 4.21. The number of carbonyl (C=O) groups excluding carboxylic acids is 1. The number of carbonyl (C=O) groups is 2. The zero-order chi connectivity index (χ0) is 22.7. The number of Topliss-reactive ketones (excluding diaryl/α,β-unsaturated/α-hetero) is 1. The smallest absolute Gasteiger partial charge is 0.341 e. The largest absolute Gasteiger partial charge is 0.506 e. The Bertz CT molecular complexity index is 1100. The summed E-state index contributed by atoms with van der Waals surface area (Å²) in [5.41, 5.74) is -3.62. The van der Waals surface area contributed by atoms with E-state index in [0.717, 1.165) is 18.2 Å². The maximum atomic E-state index is 14.0. The molecule has 158 valence electrons. The Hall–Kier alpha value is -3.96. The first kappa shape index (κ1) is 22.3. The molecule has 0 radical (unpaired) electrons. The number of non-ortho nitro benzene ring substituents is 1. The van der Waals surface area contributed by atoms with Gasteiger partial charge in [-0.15, -0.1) is 0 Å². The number of nitrogens with one attached hydrogen (secondary N) is 1. The number of allylic oxidation sites excluding steroid dienone is 1. The molecule has 12 heteroatoms. The average molecular weight is 428 g/mol. The number of carboxylic acid groups (broad SMARTS) is 1. The third-order valence-electron chi connectivity index (χ3n) is 3.92. The second kappa shape index (κ2) is 8.59. The number of anilines is 1. The molecule has 0 aliphatic carbocycles. The molecule has 0 heterocycles. The van der Waals surface area contributed by atoms with Crippen LogP contribution in [0.4, 0.5) is 28.9 Å². The van der Waals surface area contributed by atoms with Crippen molar-refractivity contribution in [3.63, 3.8) is 0 Å². The third-order valence-corrected chi connectivity index (χ3v) is 3.92. The molecule has 3 N–H and O–H groups in total. The topological polar surface area (TPSA) is 130 Å². The summed E-state index contributed by atoms with van der Waals surface area (Å²) in [4.78, 5) is 34.1. The molecule has 0 saturated heterocycles. The number of ketones is 1. The van der Waals surface area contributed by atoms with Gasteiger partial charge >= 0.3 is 5.97 Å². The lowest BCUT2D eigenvalue weighted by Crippen LogP contribution is -2.20. The minimum Gasteiger partial charge on any atom is -0.506 e. The molecule has 0 spiro atoms. The fourth-order valence-electron chi connectivity index (χ4n) is 2.47. The molecule has 8 nitrogen and oxygen atoms in total. The molecular weight excluding hydrogens is 416 g/mol. The number of aromatic hydroxyl groups is 1. The highest BCUT2D eigenvalue weighted by molar-refractivity contribution is 6.24. The number of rotatable bonds is 7. The molecule has 0 aliphatic heterocycles. The summed E-state index contributed by atoms with van der Waals surface area (Å²) in [7, 11) is 0. The maximum Gasteiger partial charge on any atom is 0.341 e. The summed E-state index contributed by atoms with van der Waals surface area (Å²) < 4.78 is 54.0. The van der Waals surface area contributed by atoms with Crippen molar-refractivity contribution < 1.29 is 42.3 Å². The van der Waals surface area contributed by atoms with Gasteiger partial charge in [-0.05, 0) is 18.6 Å². The first-order chi connectivity index (χ1) is 14.0. The second-order valence-corrected chi connectivity index (χ2v) is 5.77. The van der Waals surface area contributed by atoms with Crippen molar-refractivity contribution >= 4 is 23.1 Å². The molecule has 0 aromatic heterocycles. The number of phenols is 1. The lowest BCUT2D eigenvalue weighted by molar-refractivity contribution is -0.384. The van der Waals surface area contributed by atoms with Gasteiger partial charge in [0.25, 0.3) is 5.69 Å². The Morgan fingerprint density at radius 3 is 2.23 bits per heavy atom. The van der Waals surface area contributed by atoms with Crippen LogP contribution in [0.25, 0.3) is 0 Å². The Morgan fingerprint density at radius 1 is 1.10 bits per heavy atom. The Balaban J connectivity index is 2.60. The van der Waals surface area contributed by atoms with Crippen LogP contribution in [0.1, 0.15) is 23.7 Å². The molecule has 0 aliphatic rings. The van der Waals surface area contributed by atoms with E-state index in [-0.39, 0.29) is 18.2 Å². The molecule has 0 saturated carbocycles. The molecule has 0 fully saturated rings. The highest BCUT2D eigenvalue weighted by Gasteiger charge is 2.30. The van der Waals surface area contributed by atoms with Gasteiger partial charge in [-0.1, -0.05) is 6.92 Å². The molecule has 30 heavy (non-hydrogen) atoms. The Morgan fingerprint density at radius 2 is 1.73 bits per heavy atom. The number of hydrogen-bond donors (Lipinski definition) is 3. The molecule has 0 atom stereocenters. The normalized spacial score (nSPS) is 11.6. The first-order valence-corrected chi connectivity index (χ1v) is 8.08. The standard InChI is InChI=1S/C18H12F4N2O6/c1-2-10(23-11-4-3-7(24(29)30)5-12(11)25)13(18(27)28)17(26)8-6-9(19)15(21)16(22)14(8)20/h3-6,23,25H,2H2,1H3,(H,27,28). The van der Waals surface area contributed by atoms with E-state index in [0.29, 0.717) is 0 Å². The fraction of sp³-hybridized carbons (Fsp3) is 0.111. The number of halogens is 4. The van der Waals surface area contributed by atoms with E-state index >= 15 is 0 Å². The number of phenolic OH excluding ortho intramolecular Hbond substituents is 1. The van der Waals surface area contributed by atoms with Crippen LogP contribution < -0.4 is 5.32 Å². The number of nitrogens with zero attached hydrogens (tertiary/aromatic N) is 1. The summed E-state index contributed by atoms with van der Waals surface area (Å²) in [6.07, 6.45) is -0.225. The van der Waals surface area contributed by atoms with Gasteiger partial charge in [-0.2, -0.15) is 0 Å². The number of aliphatic carboxylic acids is 1. The van der Waals surface area contributed by atoms with Gasteiger partial charge in [0.15, 0.2) is 23.3 Å². The monoisotopic (exact) mass is 428 g/mol. The molecule has 0 bridgehead atoms. The highest BCUT2D eigenvalue weighted by atomic mass is 19.2. The van der Waals surface area contributed by atoms with Crippen molar-refractivity contribution in [3.05, 3.63) is 74.5 Å². The van der Waals surface area contributed by atoms with Crippen molar-refractivity contribution in [2.45, 2.75) is 13.3 Å². The van der Waals surface area contributed by atoms with Crippen molar-refractivity contribution in [1.82, 2.24) is 0 Å². The van der Waals surface area contributed by atoms with E-state index in [4.69, 9.17) is 0 Å². The summed E-state index contributed by atoms with van der Waals surface area (Å²) in [5.74, 6) is -12.7. The number of nitro groups is 1. The van der Waals surface area contributed by atoms with Crippen LogP contribution in [0.15, 0.2) is 35.5 Å². The van der Waals surface area contributed by atoms with Crippen LogP contribution in [0.2, 0.25) is 0 Å². The summed E-state index contributed by atoms with van der Waals surface area (Å²) in [5, 5.41) is 32.4. The van der Waals surface area contributed by atoms with Gasteiger partial charge in [0.1, 0.15) is 11.3 Å². The van der Waals surface area contributed by atoms with E-state index in [1.807, 2.05) is 0 Å². The average Bonchev–Trinajstić information content (AvgIpc) is 2.69. The van der Waals surface area contributed by atoms with E-state index in [2.05, 4.69) is 5.32 Å². The minimum absolute atomic E-state index is 0.0235. The van der Waals surface area contributed by atoms with Gasteiger partial charge in [0, 0.05) is 11.8 Å². The minimum atomic E-state index is -2.29. The molecule has 2 rings (SSSR count). The lowest BCUT2D eigenvalue weighted by Gasteiger charge is -2.14. The van der Waals surface area contributed by atoms with Crippen LogP contribution in [-0.2, 0) is 4.79 Å². The first-order valence-electron chi connectivity index (χ1n) is 8.08. The van der Waals surface area contributed by atoms with Gasteiger partial charge in [-0.25, -0.2) is 22.4 Å². The lowest BCUT2D eigenvalue weighted by atomic mass is 9.99. The Kier molecular flexibility index (Phi) is 6.40. The highest BCUT2D eigenvalue weighted by Crippen LogP contribution is 2.31. The fourth-order valence-corrected chi connectivity index (χ4v) is 2.47. The van der Waals surface area contributed by atoms with Gasteiger partial charge in [0.05, 0.1) is 22.2 Å². The van der Waals surface area contributed by atoms with Crippen molar-refractivity contribution in [3.8, 4) is 5.75 Å². The Labute approximate surface area is 165 Å². The van der Waals surface area contributed by atoms with E-state index in [9.17, 15) is 47.5 Å². The molecule has 2 aromatic carbocycles. The maximum absolute atomic E-state index is 14.0. The number of benzene rings is 2. The zero-order valence-corrected chi connectivity index (χ0v) is 15.0. The summed E-state index contributed by atoms with van der Waals surface area (Å²) in [6.45, 7) is 1.36. The van der Waals surface area contributed by atoms with E-state index in [1.165, 1.54) is 6.92 Å². The van der Waals surface area contributed by atoms with Gasteiger partial charge in [-0.3, -0.25) is 14.9 Å². The molecule has 0 amide bonds. The number of carboxylic acids is 1. The van der Waals surface area contributed by atoms with Crippen LogP contribution in [0.3, 0.4) is 0 Å². The van der Waals surface area contributed by atoms with Gasteiger partial charge in [0.2, 0.25) is 5.78 Å². The van der Waals surface area contributed by atoms with Crippen LogP contribution in [0, 0.1) is 33.4 Å². The van der Waals surface area contributed by atoms with Crippen molar-refractivity contribution in [2.75, 3.05) is 5.32 Å². The van der Waals surface area contributed by atoms with E-state index < -0.39 is 68.2 Å². The summed E-state index contributed by atoms with van der Waals surface area (Å²) >= 11 is 0. The van der Waals surface area contributed by atoms with Crippen LogP contribution in [-0.4, -0.2) is 26.9 Å². The summed E-state index contributed by atoms with van der Waals surface area (Å²) in [6, 6.07) is 2.77. The molecule has 0 unspecified atom stereocenters. The quantitative estimate of drug-likeness (QED) is 0.0583. The predicted octanol–water partition coefficient (Wildman–Crippen LogP) is 3.90. The van der Waals surface area contributed by atoms with Crippen LogP contribution in [0.5, 0.6) is 5.75 Å². The van der Waals surface area contributed by atoms with E-state index in [1.54, 1.807) is 0 Å². The molecular formula is C18H12F4N2O6. The van der Waals surface area contributed by atoms with Crippen molar-refractivity contribution in [2.24, 2.45) is 0 Å². The SMILES string of the molecule is CCC(Nc1ccc([N+](=O)[O-])cc1O)=C(C(=O)O)C(=O)c1cc(F)c(F)c(F)c1F. The zero-order valence-electron chi connectivity index (χ0n) is 15.0. The second-order valence-electron chi connectivity index (χ2n) is 5.77. The number of nitro benzene ring substituents is 1.